The molecule has 5 heteroatoms. The van der Waals surface area contributed by atoms with Crippen LogP contribution in [0, 0.1) is 0 Å². The number of hydrogen-bond donors (Lipinski definition) is 0. The molecule has 82 valence electrons. The second kappa shape index (κ2) is 5.42. The van der Waals surface area contributed by atoms with E-state index in [2.05, 4.69) is 38.4 Å². The fourth-order valence-electron chi connectivity index (χ4n) is 1.10. The van der Waals surface area contributed by atoms with Crippen molar-refractivity contribution in [1.82, 2.24) is 0 Å². The summed E-state index contributed by atoms with van der Waals surface area (Å²) in [6, 6.07) is 5.80. The van der Waals surface area contributed by atoms with E-state index in [1.807, 2.05) is 18.2 Å². The molecule has 15 heavy (non-hydrogen) atoms. The fraction of sp³-hybridized carbons (Fsp3) is 0.200. The molecule has 1 aromatic carbocycles. The van der Waals surface area contributed by atoms with Gasteiger partial charge in [0.05, 0.1) is 0 Å². The minimum atomic E-state index is -1.30. The van der Waals surface area contributed by atoms with Crippen LogP contribution in [0.25, 0.3) is 5.57 Å². The molecule has 0 aliphatic carbocycles. The van der Waals surface area contributed by atoms with Gasteiger partial charge in [0.1, 0.15) is 0 Å². The first-order valence-corrected chi connectivity index (χ1v) is 6.71. The lowest BCUT2D eigenvalue weighted by Gasteiger charge is -2.13. The predicted molar refractivity (Wildman–Crippen MR) is 75.8 cm³/mol. The largest absolute Gasteiger partial charge is 0.194 e. The van der Waals surface area contributed by atoms with Crippen LogP contribution in [0.5, 0.6) is 0 Å². The third kappa shape index (κ3) is 5.10. The van der Waals surface area contributed by atoms with Gasteiger partial charge in [-0.3, -0.25) is 0 Å². The fourth-order valence-corrected chi connectivity index (χ4v) is 2.88. The Bertz CT molecular complexity index is 362. The van der Waals surface area contributed by atoms with Crippen LogP contribution in [-0.4, -0.2) is 3.79 Å². The molecule has 1 aromatic rings. The van der Waals surface area contributed by atoms with E-state index >= 15 is 0 Å². The summed E-state index contributed by atoms with van der Waals surface area (Å²) in [4.78, 5) is 0. The summed E-state index contributed by atoms with van der Waals surface area (Å²) < 4.78 is 0.612. The average Bonchev–Trinajstić information content (AvgIpc) is 1.98. The van der Waals surface area contributed by atoms with E-state index in [0.29, 0.717) is 6.42 Å². The Morgan fingerprint density at radius 3 is 2.00 bits per heavy atom. The van der Waals surface area contributed by atoms with E-state index in [-0.39, 0.29) is 0 Å². The molecular weight excluding hydrogens is 386 g/mol. The van der Waals surface area contributed by atoms with E-state index < -0.39 is 3.79 Å². The van der Waals surface area contributed by atoms with E-state index in [1.54, 1.807) is 0 Å². The normalized spacial score (nSPS) is 11.5. The lowest BCUT2D eigenvalue weighted by Crippen LogP contribution is -2.02. The van der Waals surface area contributed by atoms with Crippen molar-refractivity contribution in [2.75, 3.05) is 0 Å². The summed E-state index contributed by atoms with van der Waals surface area (Å²) in [7, 11) is 0. The number of benzene rings is 1. The highest BCUT2D eigenvalue weighted by Crippen LogP contribution is 2.37. The molecule has 0 fully saturated rings. The van der Waals surface area contributed by atoms with Crippen molar-refractivity contribution in [2.24, 2.45) is 0 Å². The molecule has 0 atom stereocenters. The number of allylic oxidation sites excluding steroid dienone is 1. The first-order chi connectivity index (χ1) is 6.78. The SMILES string of the molecule is C=C(CC(Cl)(Cl)Cl)c1cc(Br)cc(Br)c1. The quantitative estimate of drug-likeness (QED) is 0.542. The number of alkyl halides is 3. The maximum Gasteiger partial charge on any atom is 0.194 e. The van der Waals surface area contributed by atoms with Gasteiger partial charge in [-0.05, 0) is 29.3 Å². The molecular formula is C10H7Br2Cl3. The number of hydrogen-bond acceptors (Lipinski definition) is 0. The topological polar surface area (TPSA) is 0 Å². The Kier molecular flexibility index (Phi) is 5.00. The monoisotopic (exact) mass is 390 g/mol. The predicted octanol–water partition coefficient (Wildman–Crippen LogP) is 5.99. The standard InChI is InChI=1S/C10H7Br2Cl3/c1-6(5-10(13,14)15)7-2-8(11)4-9(12)3-7/h2-4H,1,5H2. The van der Waals surface area contributed by atoms with Crippen molar-refractivity contribution < 1.29 is 0 Å². The van der Waals surface area contributed by atoms with E-state index in [4.69, 9.17) is 34.8 Å². The van der Waals surface area contributed by atoms with Crippen molar-refractivity contribution in [1.29, 1.82) is 0 Å². The van der Waals surface area contributed by atoms with Gasteiger partial charge in [-0.15, -0.1) is 0 Å². The number of rotatable bonds is 2. The lowest BCUT2D eigenvalue weighted by atomic mass is 10.1. The minimum absolute atomic E-state index is 0.306. The summed E-state index contributed by atoms with van der Waals surface area (Å²) in [5.74, 6) is 0. The summed E-state index contributed by atoms with van der Waals surface area (Å²) in [5, 5.41) is 0. The van der Waals surface area contributed by atoms with Gasteiger partial charge >= 0.3 is 0 Å². The van der Waals surface area contributed by atoms with Crippen LogP contribution in [0.3, 0.4) is 0 Å². The summed E-state index contributed by atoms with van der Waals surface area (Å²) in [6.45, 7) is 3.90. The third-order valence-electron chi connectivity index (χ3n) is 1.68. The van der Waals surface area contributed by atoms with Crippen LogP contribution in [0.4, 0.5) is 0 Å². The molecule has 1 rings (SSSR count). The van der Waals surface area contributed by atoms with Gasteiger partial charge in [0, 0.05) is 15.4 Å². The second-order valence-electron chi connectivity index (χ2n) is 3.05. The first-order valence-electron chi connectivity index (χ1n) is 3.99. The Morgan fingerprint density at radius 2 is 1.60 bits per heavy atom. The van der Waals surface area contributed by atoms with Crippen molar-refractivity contribution in [2.45, 2.75) is 10.2 Å². The van der Waals surface area contributed by atoms with Gasteiger partial charge in [0.15, 0.2) is 3.79 Å². The molecule has 0 unspecified atom stereocenters. The first kappa shape index (κ1) is 13.9. The van der Waals surface area contributed by atoms with Crippen LogP contribution < -0.4 is 0 Å². The van der Waals surface area contributed by atoms with Gasteiger partial charge in [-0.1, -0.05) is 73.2 Å². The second-order valence-corrected chi connectivity index (χ2v) is 7.40. The Labute approximate surface area is 121 Å². The molecule has 0 bridgehead atoms. The van der Waals surface area contributed by atoms with Crippen LogP contribution >= 0.6 is 66.7 Å². The van der Waals surface area contributed by atoms with E-state index in [1.165, 1.54) is 0 Å². The number of halogens is 5. The molecule has 0 aliphatic rings. The van der Waals surface area contributed by atoms with Gasteiger partial charge in [0.25, 0.3) is 0 Å². The maximum absolute atomic E-state index is 5.70. The average molecular weight is 393 g/mol. The summed E-state index contributed by atoms with van der Waals surface area (Å²) in [6.07, 6.45) is 0.306. The third-order valence-corrected chi connectivity index (χ3v) is 3.00. The molecule has 0 saturated carbocycles. The van der Waals surface area contributed by atoms with Crippen LogP contribution in [-0.2, 0) is 0 Å². The minimum Gasteiger partial charge on any atom is -0.0951 e. The zero-order valence-corrected chi connectivity index (χ0v) is 13.0. The zero-order valence-electron chi connectivity index (χ0n) is 7.54. The Hall–Kier alpha value is 0.790. The summed E-state index contributed by atoms with van der Waals surface area (Å²) in [5.41, 5.74) is 1.74. The highest BCUT2D eigenvalue weighted by Gasteiger charge is 2.21. The maximum atomic E-state index is 5.70. The molecule has 0 radical (unpaired) electrons. The molecule has 0 aliphatic heterocycles. The molecule has 0 N–H and O–H groups in total. The van der Waals surface area contributed by atoms with Crippen molar-refractivity contribution in [3.05, 3.63) is 39.3 Å². The summed E-state index contributed by atoms with van der Waals surface area (Å²) >= 11 is 23.9. The van der Waals surface area contributed by atoms with Crippen molar-refractivity contribution in [3.63, 3.8) is 0 Å². The molecule has 0 heterocycles. The highest BCUT2D eigenvalue weighted by atomic mass is 79.9. The van der Waals surface area contributed by atoms with Gasteiger partial charge in [-0.2, -0.15) is 0 Å². The van der Waals surface area contributed by atoms with Crippen molar-refractivity contribution >= 4 is 72.2 Å². The lowest BCUT2D eigenvalue weighted by molar-refractivity contribution is 1.09. The smallest absolute Gasteiger partial charge is 0.0951 e. The highest BCUT2D eigenvalue weighted by molar-refractivity contribution is 9.11. The molecule has 0 saturated heterocycles. The molecule has 0 nitrogen and oxygen atoms in total. The Morgan fingerprint density at radius 1 is 1.13 bits per heavy atom. The molecule has 0 spiro atoms. The van der Waals surface area contributed by atoms with Gasteiger partial charge in [0.2, 0.25) is 0 Å². The van der Waals surface area contributed by atoms with E-state index in [9.17, 15) is 0 Å². The van der Waals surface area contributed by atoms with E-state index in [0.717, 1.165) is 20.1 Å². The van der Waals surface area contributed by atoms with Gasteiger partial charge < -0.3 is 0 Å². The Balaban J connectivity index is 2.92. The van der Waals surface area contributed by atoms with Crippen LogP contribution in [0.15, 0.2) is 33.7 Å². The molecule has 0 amide bonds. The molecule has 0 aromatic heterocycles. The van der Waals surface area contributed by atoms with Gasteiger partial charge in [-0.25, -0.2) is 0 Å². The van der Waals surface area contributed by atoms with Crippen molar-refractivity contribution in [3.8, 4) is 0 Å². The van der Waals surface area contributed by atoms with Crippen LogP contribution in [0.2, 0.25) is 0 Å². The van der Waals surface area contributed by atoms with Crippen LogP contribution in [0.1, 0.15) is 12.0 Å². The zero-order chi connectivity index (χ0) is 11.6.